The van der Waals surface area contributed by atoms with Crippen LogP contribution in [0, 0.1) is 34.5 Å². The number of dihydropyridines is 1. The monoisotopic (exact) mass is 558 g/mol. The van der Waals surface area contributed by atoms with Crippen molar-refractivity contribution in [3.8, 4) is 6.07 Å². The maximum atomic E-state index is 13.6. The zero-order valence-corrected chi connectivity index (χ0v) is 25.3. The summed E-state index contributed by atoms with van der Waals surface area (Å²) in [5.41, 5.74) is 2.50. The van der Waals surface area contributed by atoms with Crippen LogP contribution >= 0.6 is 23.5 Å². The second-order valence-corrected chi connectivity index (χ2v) is 14.8. The summed E-state index contributed by atoms with van der Waals surface area (Å²) in [6.45, 7) is 8.88. The van der Waals surface area contributed by atoms with Gasteiger partial charge in [-0.1, -0.05) is 51.8 Å². The average Bonchev–Trinajstić information content (AvgIpc) is 3.42. The molecule has 0 aromatic carbocycles. The lowest BCUT2D eigenvalue weighted by Crippen LogP contribution is -2.43. The summed E-state index contributed by atoms with van der Waals surface area (Å²) < 4.78 is 0. The second kappa shape index (κ2) is 13.2. The van der Waals surface area contributed by atoms with E-state index in [0.29, 0.717) is 16.9 Å². The Hall–Kier alpha value is -1.59. The van der Waals surface area contributed by atoms with Crippen LogP contribution in [0.15, 0.2) is 21.9 Å². The number of amides is 2. The Morgan fingerprint density at radius 1 is 1.03 bits per heavy atom. The fraction of sp³-hybridized carbons (Fsp3) is 0.767. The zero-order valence-electron chi connectivity index (χ0n) is 23.7. The predicted octanol–water partition coefficient (Wildman–Crippen LogP) is 5.87. The summed E-state index contributed by atoms with van der Waals surface area (Å²) in [6.07, 6.45) is 11.0. The van der Waals surface area contributed by atoms with E-state index in [2.05, 4.69) is 42.8 Å². The van der Waals surface area contributed by atoms with Crippen molar-refractivity contribution in [3.05, 3.63) is 21.9 Å². The number of carbonyl (C=O) groups is 2. The number of hydrogen-bond acceptors (Lipinski definition) is 6. The Balaban J connectivity index is 1.41. The Labute approximate surface area is 238 Å². The van der Waals surface area contributed by atoms with Gasteiger partial charge in [0.25, 0.3) is 0 Å². The summed E-state index contributed by atoms with van der Waals surface area (Å²) in [6, 6.07) is 2.92. The van der Waals surface area contributed by atoms with Gasteiger partial charge in [-0.3, -0.25) is 9.59 Å². The molecule has 38 heavy (non-hydrogen) atoms. The van der Waals surface area contributed by atoms with Crippen LogP contribution in [-0.2, 0) is 9.59 Å². The highest BCUT2D eigenvalue weighted by Gasteiger charge is 2.40. The van der Waals surface area contributed by atoms with Crippen molar-refractivity contribution in [1.29, 1.82) is 5.26 Å². The highest BCUT2D eigenvalue weighted by molar-refractivity contribution is 8.03. The Morgan fingerprint density at radius 3 is 2.32 bits per heavy atom. The number of carbonyl (C=O) groups excluding carboxylic acids is 2. The van der Waals surface area contributed by atoms with Crippen LogP contribution in [0.2, 0.25) is 0 Å². The maximum Gasteiger partial charge on any atom is 0.249 e. The summed E-state index contributed by atoms with van der Waals surface area (Å²) in [4.78, 5) is 26.5. The molecule has 2 aliphatic heterocycles. The number of hydrogen-bond donors (Lipinski definition) is 3. The standard InChI is InChI=1S/C30H46N4O2S2/c1-19-26(28(36)34-22-8-6-5-7-9-22)27(20-14-15-37-17-20)24(16-31)29(32-19)38-18-25(35)33-23-12-10-21(11-13-23)30(2,3)4/h20-23,27,32H,5-15,17-18H2,1-4H3,(H,33,35)(H,34,36). The van der Waals surface area contributed by atoms with E-state index in [1.54, 1.807) is 0 Å². The molecule has 0 aromatic rings. The van der Waals surface area contributed by atoms with Crippen LogP contribution in [0.3, 0.4) is 0 Å². The highest BCUT2D eigenvalue weighted by Crippen LogP contribution is 2.43. The number of nitrogens with one attached hydrogen (secondary N) is 3. The minimum atomic E-state index is -0.210. The predicted molar refractivity (Wildman–Crippen MR) is 158 cm³/mol. The fourth-order valence-electron chi connectivity index (χ4n) is 6.68. The molecule has 210 valence electrons. The highest BCUT2D eigenvalue weighted by atomic mass is 32.2. The lowest BCUT2D eigenvalue weighted by molar-refractivity contribution is -0.120. The van der Waals surface area contributed by atoms with Gasteiger partial charge in [0.05, 0.1) is 22.4 Å². The lowest BCUT2D eigenvalue weighted by Gasteiger charge is -2.37. The molecule has 6 nitrogen and oxygen atoms in total. The molecule has 1 saturated heterocycles. The maximum absolute atomic E-state index is 13.6. The summed E-state index contributed by atoms with van der Waals surface area (Å²) in [5.74, 6) is 3.06. The van der Waals surface area contributed by atoms with Crippen LogP contribution < -0.4 is 16.0 Å². The molecular weight excluding hydrogens is 512 g/mol. The molecule has 2 atom stereocenters. The van der Waals surface area contributed by atoms with Crippen molar-refractivity contribution >= 4 is 35.3 Å². The molecule has 4 rings (SSSR count). The molecule has 0 aromatic heterocycles. The van der Waals surface area contributed by atoms with Gasteiger partial charge in [0, 0.05) is 29.3 Å². The molecule has 2 amide bonds. The topological polar surface area (TPSA) is 94.0 Å². The van der Waals surface area contributed by atoms with Crippen molar-refractivity contribution in [3.63, 3.8) is 0 Å². The van der Waals surface area contributed by atoms with Crippen LogP contribution in [0.25, 0.3) is 0 Å². The number of nitrogens with zero attached hydrogens (tertiary/aromatic N) is 1. The molecular formula is C30H46N4O2S2. The van der Waals surface area contributed by atoms with Crippen molar-refractivity contribution < 1.29 is 9.59 Å². The third-order valence-electron chi connectivity index (χ3n) is 8.98. The molecule has 0 radical (unpaired) electrons. The van der Waals surface area contributed by atoms with Gasteiger partial charge >= 0.3 is 0 Å². The molecule has 0 bridgehead atoms. The average molecular weight is 559 g/mol. The SMILES string of the molecule is CC1=C(C(=O)NC2CCCCC2)C(C2CCSC2)C(C#N)=C(SCC(=O)NC2CCC(C(C)(C)C)CC2)N1. The Morgan fingerprint density at radius 2 is 1.71 bits per heavy atom. The van der Waals surface area contributed by atoms with E-state index in [-0.39, 0.29) is 41.5 Å². The van der Waals surface area contributed by atoms with Gasteiger partial charge < -0.3 is 16.0 Å². The fourth-order valence-corrected chi connectivity index (χ4v) is 8.89. The summed E-state index contributed by atoms with van der Waals surface area (Å²) in [5, 5.41) is 20.9. The van der Waals surface area contributed by atoms with Gasteiger partial charge in [-0.05, 0) is 80.6 Å². The lowest BCUT2D eigenvalue weighted by atomic mass is 9.71. The molecule has 2 unspecified atom stereocenters. The molecule has 2 saturated carbocycles. The quantitative estimate of drug-likeness (QED) is 0.362. The Bertz CT molecular complexity index is 973. The van der Waals surface area contributed by atoms with Gasteiger partial charge in [0.2, 0.25) is 11.8 Å². The summed E-state index contributed by atoms with van der Waals surface area (Å²) in [7, 11) is 0. The van der Waals surface area contributed by atoms with E-state index < -0.39 is 0 Å². The first-order chi connectivity index (χ1) is 18.2. The third kappa shape index (κ3) is 7.33. The number of allylic oxidation sites excluding steroid dienone is 2. The zero-order chi connectivity index (χ0) is 27.3. The smallest absolute Gasteiger partial charge is 0.249 e. The van der Waals surface area contributed by atoms with Crippen molar-refractivity contribution in [1.82, 2.24) is 16.0 Å². The largest absolute Gasteiger partial charge is 0.353 e. The van der Waals surface area contributed by atoms with E-state index in [0.717, 1.165) is 85.6 Å². The van der Waals surface area contributed by atoms with E-state index in [4.69, 9.17) is 0 Å². The molecule has 0 spiro atoms. The van der Waals surface area contributed by atoms with Gasteiger partial charge in [-0.15, -0.1) is 0 Å². The Kier molecular flexibility index (Phi) is 10.2. The van der Waals surface area contributed by atoms with Crippen molar-refractivity contribution in [2.24, 2.45) is 23.2 Å². The normalized spacial score (nSPS) is 29.0. The molecule has 2 aliphatic carbocycles. The molecule has 3 fully saturated rings. The molecule has 4 aliphatic rings. The van der Waals surface area contributed by atoms with Crippen LogP contribution in [0.5, 0.6) is 0 Å². The van der Waals surface area contributed by atoms with Gasteiger partial charge in [0.15, 0.2) is 0 Å². The van der Waals surface area contributed by atoms with Crippen LogP contribution in [-0.4, -0.2) is 41.2 Å². The molecule has 8 heteroatoms. The first-order valence-electron chi connectivity index (χ1n) is 14.6. The van der Waals surface area contributed by atoms with Gasteiger partial charge in [-0.25, -0.2) is 0 Å². The van der Waals surface area contributed by atoms with Crippen LogP contribution in [0.1, 0.15) is 91.9 Å². The van der Waals surface area contributed by atoms with E-state index in [9.17, 15) is 14.9 Å². The van der Waals surface area contributed by atoms with Gasteiger partial charge in [0.1, 0.15) is 0 Å². The third-order valence-corrected chi connectivity index (χ3v) is 11.2. The van der Waals surface area contributed by atoms with Gasteiger partial charge in [-0.2, -0.15) is 17.0 Å². The first kappa shape index (κ1) is 29.4. The summed E-state index contributed by atoms with van der Waals surface area (Å²) >= 11 is 3.31. The molecule has 3 N–H and O–H groups in total. The van der Waals surface area contributed by atoms with Crippen molar-refractivity contribution in [2.75, 3.05) is 17.3 Å². The van der Waals surface area contributed by atoms with E-state index in [1.165, 1.54) is 18.2 Å². The molecule has 2 heterocycles. The first-order valence-corrected chi connectivity index (χ1v) is 16.7. The van der Waals surface area contributed by atoms with Crippen LogP contribution in [0.4, 0.5) is 0 Å². The number of thioether (sulfide) groups is 2. The van der Waals surface area contributed by atoms with E-state index in [1.807, 2.05) is 18.7 Å². The van der Waals surface area contributed by atoms with Crippen molar-refractivity contribution in [2.45, 2.75) is 104 Å². The number of nitriles is 1. The van der Waals surface area contributed by atoms with E-state index >= 15 is 0 Å². The minimum Gasteiger partial charge on any atom is -0.353 e. The minimum absolute atomic E-state index is 0.0239. The second-order valence-electron chi connectivity index (χ2n) is 12.7. The number of rotatable bonds is 7.